The molecule has 3 fully saturated rings. The first-order valence-electron chi connectivity index (χ1n) is 14.7. The molecule has 0 spiro atoms. The van der Waals surface area contributed by atoms with Crippen LogP contribution in [0.15, 0.2) is 88.7 Å². The van der Waals surface area contributed by atoms with Gasteiger partial charge in [0.15, 0.2) is 0 Å². The van der Waals surface area contributed by atoms with Gasteiger partial charge in [-0.05, 0) is 73.1 Å². The number of amides is 3. The number of anilines is 2. The van der Waals surface area contributed by atoms with Gasteiger partial charge in [-0.2, -0.15) is 0 Å². The molecule has 1 saturated heterocycles. The summed E-state index contributed by atoms with van der Waals surface area (Å²) < 4.78 is 1.59. The smallest absolute Gasteiger partial charge is 0.308 e. The van der Waals surface area contributed by atoms with Crippen LogP contribution in [-0.2, 0) is 20.9 Å². The number of nitrogens with zero attached hydrogens (tertiary/aromatic N) is 2. The van der Waals surface area contributed by atoms with E-state index in [2.05, 4.69) is 5.32 Å². The number of thiazole rings is 1. The normalized spacial score (nSPS) is 28.1. The molecule has 2 saturated carbocycles. The van der Waals surface area contributed by atoms with Crippen molar-refractivity contribution in [3.63, 3.8) is 0 Å². The van der Waals surface area contributed by atoms with Gasteiger partial charge in [-0.3, -0.25) is 28.6 Å². The molecule has 10 heteroatoms. The Morgan fingerprint density at radius 2 is 1.59 bits per heavy atom. The molecule has 2 bridgehead atoms. The third kappa shape index (κ3) is 4.24. The highest BCUT2D eigenvalue weighted by molar-refractivity contribution is 8.00. The Kier molecular flexibility index (Phi) is 6.63. The van der Waals surface area contributed by atoms with Crippen LogP contribution in [0.5, 0.6) is 0 Å². The monoisotopic (exact) mass is 641 g/mol. The fraction of sp³-hybridized carbons (Fsp3) is 0.294. The van der Waals surface area contributed by atoms with Crippen LogP contribution in [0.2, 0.25) is 5.02 Å². The number of benzene rings is 3. The van der Waals surface area contributed by atoms with Crippen molar-refractivity contribution < 1.29 is 14.4 Å². The van der Waals surface area contributed by atoms with E-state index in [9.17, 15) is 19.2 Å². The number of nitrogens with one attached hydrogen (secondary N) is 1. The second kappa shape index (κ2) is 10.5. The SMILES string of the molecule is Cc1ccc(N2C(=O)C3C4CC(C3C2=O)C2C(c3ccc(Cl)cc3)c3sc(=O)n(CC(=O)Nc5ccccc5)c3SC42)cc1. The summed E-state index contributed by atoms with van der Waals surface area (Å²) in [4.78, 5) is 56.7. The molecule has 222 valence electrons. The number of carbonyl (C=O) groups excluding carboxylic acids is 3. The van der Waals surface area contributed by atoms with E-state index in [1.807, 2.05) is 85.8 Å². The third-order valence-electron chi connectivity index (χ3n) is 9.83. The summed E-state index contributed by atoms with van der Waals surface area (Å²) in [5.41, 5.74) is 3.39. The molecule has 4 aliphatic rings. The van der Waals surface area contributed by atoms with E-state index in [-0.39, 0.29) is 69.9 Å². The lowest BCUT2D eigenvalue weighted by Gasteiger charge is -2.43. The minimum atomic E-state index is -0.379. The number of rotatable bonds is 5. The Bertz CT molecular complexity index is 1870. The molecule has 44 heavy (non-hydrogen) atoms. The van der Waals surface area contributed by atoms with E-state index >= 15 is 0 Å². The van der Waals surface area contributed by atoms with Gasteiger partial charge in [0.05, 0.1) is 22.5 Å². The van der Waals surface area contributed by atoms with Crippen LogP contribution in [0.25, 0.3) is 0 Å². The Hall–Kier alpha value is -3.66. The number of hydrogen-bond donors (Lipinski definition) is 1. The number of carbonyl (C=O) groups is 3. The number of halogens is 1. The molecule has 2 aliphatic carbocycles. The Morgan fingerprint density at radius 1 is 0.909 bits per heavy atom. The van der Waals surface area contributed by atoms with E-state index in [0.29, 0.717) is 16.4 Å². The van der Waals surface area contributed by atoms with Gasteiger partial charge in [-0.1, -0.05) is 71.0 Å². The maximum Gasteiger partial charge on any atom is 0.308 e. The quantitative estimate of drug-likeness (QED) is 0.263. The van der Waals surface area contributed by atoms with Crippen LogP contribution in [0.3, 0.4) is 0 Å². The van der Waals surface area contributed by atoms with Gasteiger partial charge in [-0.15, -0.1) is 11.8 Å². The maximum absolute atomic E-state index is 14.0. The van der Waals surface area contributed by atoms with Gasteiger partial charge in [0, 0.05) is 26.8 Å². The zero-order valence-corrected chi connectivity index (χ0v) is 26.1. The van der Waals surface area contributed by atoms with E-state index in [1.54, 1.807) is 16.3 Å². The van der Waals surface area contributed by atoms with Crippen LogP contribution in [-0.4, -0.2) is 27.5 Å². The lowest BCUT2D eigenvalue weighted by atomic mass is 9.68. The van der Waals surface area contributed by atoms with Crippen LogP contribution in [0.1, 0.15) is 28.3 Å². The second-order valence-electron chi connectivity index (χ2n) is 12.2. The second-order valence-corrected chi connectivity index (χ2v) is 14.8. The van der Waals surface area contributed by atoms with Crippen molar-refractivity contribution in [1.29, 1.82) is 0 Å². The molecular formula is C34H28ClN3O4S2. The van der Waals surface area contributed by atoms with Gasteiger partial charge in [-0.25, -0.2) is 0 Å². The predicted molar refractivity (Wildman–Crippen MR) is 172 cm³/mol. The van der Waals surface area contributed by atoms with Gasteiger partial charge in [0.25, 0.3) is 0 Å². The summed E-state index contributed by atoms with van der Waals surface area (Å²) in [6.45, 7) is 1.88. The molecular weight excluding hydrogens is 614 g/mol. The summed E-state index contributed by atoms with van der Waals surface area (Å²) in [5, 5.41) is 4.34. The molecule has 0 radical (unpaired) electrons. The van der Waals surface area contributed by atoms with Crippen LogP contribution in [0.4, 0.5) is 11.4 Å². The Labute approximate surface area is 267 Å². The van der Waals surface area contributed by atoms with Crippen molar-refractivity contribution in [3.8, 4) is 0 Å². The van der Waals surface area contributed by atoms with Crippen LogP contribution >= 0.6 is 34.7 Å². The van der Waals surface area contributed by atoms with Gasteiger partial charge in [0.2, 0.25) is 17.7 Å². The molecule has 3 amide bonds. The van der Waals surface area contributed by atoms with E-state index in [0.717, 1.165) is 27.5 Å². The first-order valence-corrected chi connectivity index (χ1v) is 16.8. The maximum atomic E-state index is 14.0. The molecule has 7 nitrogen and oxygen atoms in total. The van der Waals surface area contributed by atoms with E-state index in [1.165, 1.54) is 16.2 Å². The fourth-order valence-electron chi connectivity index (χ4n) is 8.11. The molecule has 1 aromatic heterocycles. The Morgan fingerprint density at radius 3 is 2.30 bits per heavy atom. The number of imide groups is 1. The third-order valence-corrected chi connectivity index (χ3v) is 12.9. The Balaban J connectivity index is 1.18. The summed E-state index contributed by atoms with van der Waals surface area (Å²) in [7, 11) is 0. The van der Waals surface area contributed by atoms with Crippen molar-refractivity contribution in [2.24, 2.45) is 29.6 Å². The molecule has 1 N–H and O–H groups in total. The summed E-state index contributed by atoms with van der Waals surface area (Å²) >= 11 is 9.09. The zero-order valence-electron chi connectivity index (χ0n) is 23.7. The predicted octanol–water partition coefficient (Wildman–Crippen LogP) is 6.19. The zero-order chi connectivity index (χ0) is 30.3. The lowest BCUT2D eigenvalue weighted by Crippen LogP contribution is -2.43. The largest absolute Gasteiger partial charge is 0.325 e. The van der Waals surface area contributed by atoms with Crippen LogP contribution in [0, 0.1) is 36.5 Å². The van der Waals surface area contributed by atoms with Crippen molar-refractivity contribution >= 4 is 63.8 Å². The van der Waals surface area contributed by atoms with Crippen LogP contribution < -0.4 is 15.1 Å². The highest BCUT2D eigenvalue weighted by Gasteiger charge is 2.69. The van der Waals surface area contributed by atoms with Gasteiger partial charge < -0.3 is 5.32 Å². The number of fused-ring (bicyclic) bond motifs is 9. The van der Waals surface area contributed by atoms with Crippen molar-refractivity contribution in [3.05, 3.63) is 110 Å². The van der Waals surface area contributed by atoms with Crippen molar-refractivity contribution in [2.45, 2.75) is 36.1 Å². The number of para-hydroxylation sites is 1. The average molecular weight is 642 g/mol. The number of hydrogen-bond acceptors (Lipinski definition) is 6. The molecule has 4 aromatic rings. The molecule has 7 atom stereocenters. The van der Waals surface area contributed by atoms with E-state index < -0.39 is 0 Å². The van der Waals surface area contributed by atoms with E-state index in [4.69, 9.17) is 11.6 Å². The topological polar surface area (TPSA) is 88.5 Å². The molecule has 3 aromatic carbocycles. The van der Waals surface area contributed by atoms with Gasteiger partial charge >= 0.3 is 4.87 Å². The molecule has 8 rings (SSSR count). The standard InChI is InChI=1S/C34H28ClN3O4S2/c1-17-7-13-21(14-8-17)38-31(40)27-22-15-23(28(27)32(38)41)29-26(22)25(18-9-11-19(35)12-10-18)30-33(43-29)37(34(42)44-30)16-24(39)36-20-5-3-2-4-6-20/h2-14,22-23,25-29H,15-16H2,1H3,(H,36,39). The lowest BCUT2D eigenvalue weighted by molar-refractivity contribution is -0.123. The number of aromatic nitrogens is 1. The summed E-state index contributed by atoms with van der Waals surface area (Å²) in [5.74, 6) is -1.32. The minimum absolute atomic E-state index is 0.00329. The molecule has 7 unspecified atom stereocenters. The van der Waals surface area contributed by atoms with Crippen molar-refractivity contribution in [1.82, 2.24) is 4.57 Å². The highest BCUT2D eigenvalue weighted by atomic mass is 35.5. The average Bonchev–Trinajstić information content (AvgIpc) is 3.73. The molecule has 3 heterocycles. The summed E-state index contributed by atoms with van der Waals surface area (Å²) in [6, 6.07) is 24.5. The molecule has 2 aliphatic heterocycles. The van der Waals surface area contributed by atoms with Crippen molar-refractivity contribution in [2.75, 3.05) is 10.2 Å². The number of thioether (sulfide) groups is 1. The number of aryl methyl sites for hydroxylation is 1. The first-order chi connectivity index (χ1) is 21.3. The minimum Gasteiger partial charge on any atom is -0.325 e. The highest BCUT2D eigenvalue weighted by Crippen LogP contribution is 2.69. The summed E-state index contributed by atoms with van der Waals surface area (Å²) in [6.07, 6.45) is 0.800. The van der Waals surface area contributed by atoms with Gasteiger partial charge in [0.1, 0.15) is 6.54 Å². The first kappa shape index (κ1) is 27.9. The fourth-order valence-corrected chi connectivity index (χ4v) is 11.4.